The molecular weight excluding hydrogens is 358 g/mol. The van der Waals surface area contributed by atoms with Crippen molar-refractivity contribution in [1.29, 1.82) is 0 Å². The normalized spacial score (nSPS) is 23.4. The molecule has 0 saturated carbocycles. The molecule has 2 aliphatic heterocycles. The largest absolute Gasteiger partial charge is 0.342 e. The van der Waals surface area contributed by atoms with Crippen LogP contribution in [0, 0.1) is 11.8 Å². The standard InChI is InChI=1S/C25H33N3O/c26-16-23-17-27(18-24(23)22-9-5-2-6-10-22)19-25(29)28-13-11-21(12-14-28)15-20-7-3-1-4-8-20/h1-10,21,23-24H,11-19,26H2/t23-,24+/m1/s1. The fraction of sp³-hybridized carbons (Fsp3) is 0.480. The lowest BCUT2D eigenvalue weighted by Gasteiger charge is -2.33. The van der Waals surface area contributed by atoms with E-state index < -0.39 is 0 Å². The Morgan fingerprint density at radius 2 is 1.59 bits per heavy atom. The number of amides is 1. The molecule has 2 N–H and O–H groups in total. The first-order chi connectivity index (χ1) is 14.2. The van der Waals surface area contributed by atoms with Crippen molar-refractivity contribution in [3.8, 4) is 0 Å². The van der Waals surface area contributed by atoms with Gasteiger partial charge in [0, 0.05) is 32.1 Å². The van der Waals surface area contributed by atoms with E-state index in [-0.39, 0.29) is 5.91 Å². The number of nitrogens with zero attached hydrogens (tertiary/aromatic N) is 2. The maximum atomic E-state index is 12.9. The number of rotatable bonds is 6. The van der Waals surface area contributed by atoms with Crippen LogP contribution < -0.4 is 5.73 Å². The summed E-state index contributed by atoms with van der Waals surface area (Å²) in [5.74, 6) is 1.84. The van der Waals surface area contributed by atoms with Gasteiger partial charge in [-0.1, -0.05) is 60.7 Å². The second kappa shape index (κ2) is 9.55. The van der Waals surface area contributed by atoms with E-state index in [0.717, 1.165) is 45.4 Å². The first kappa shape index (κ1) is 20.1. The van der Waals surface area contributed by atoms with Gasteiger partial charge in [0.05, 0.1) is 6.54 Å². The summed E-state index contributed by atoms with van der Waals surface area (Å²) in [7, 11) is 0. The number of carbonyl (C=O) groups is 1. The van der Waals surface area contributed by atoms with Crippen LogP contribution in [0.15, 0.2) is 60.7 Å². The molecule has 2 atom stereocenters. The van der Waals surface area contributed by atoms with E-state index in [1.54, 1.807) is 0 Å². The lowest BCUT2D eigenvalue weighted by atomic mass is 9.89. The SMILES string of the molecule is NC[C@@H]1CN(CC(=O)N2CCC(Cc3ccccc3)CC2)C[C@H]1c1ccccc1. The van der Waals surface area contributed by atoms with Gasteiger partial charge in [0.2, 0.25) is 5.91 Å². The van der Waals surface area contributed by atoms with Crippen LogP contribution in [0.2, 0.25) is 0 Å². The molecule has 4 nitrogen and oxygen atoms in total. The number of hydrogen-bond acceptors (Lipinski definition) is 3. The molecule has 2 saturated heterocycles. The summed E-state index contributed by atoms with van der Waals surface area (Å²) in [6.45, 7) is 4.85. The van der Waals surface area contributed by atoms with Gasteiger partial charge in [-0.05, 0) is 48.8 Å². The molecule has 2 aromatic carbocycles. The van der Waals surface area contributed by atoms with Crippen LogP contribution in [0.3, 0.4) is 0 Å². The van der Waals surface area contributed by atoms with Gasteiger partial charge in [-0.25, -0.2) is 0 Å². The number of piperidine rings is 1. The van der Waals surface area contributed by atoms with Gasteiger partial charge < -0.3 is 10.6 Å². The summed E-state index contributed by atoms with van der Waals surface area (Å²) in [6.07, 6.45) is 3.35. The van der Waals surface area contributed by atoms with E-state index in [0.29, 0.717) is 30.8 Å². The molecule has 2 heterocycles. The summed E-state index contributed by atoms with van der Waals surface area (Å²) in [6, 6.07) is 21.3. The Bertz CT molecular complexity index is 771. The minimum Gasteiger partial charge on any atom is -0.342 e. The van der Waals surface area contributed by atoms with Crippen molar-refractivity contribution < 1.29 is 4.79 Å². The van der Waals surface area contributed by atoms with Crippen LogP contribution in [-0.4, -0.2) is 55.0 Å². The zero-order valence-electron chi connectivity index (χ0n) is 17.2. The second-order valence-electron chi connectivity index (χ2n) is 8.72. The van der Waals surface area contributed by atoms with Crippen LogP contribution in [-0.2, 0) is 11.2 Å². The number of hydrogen-bond donors (Lipinski definition) is 1. The molecule has 29 heavy (non-hydrogen) atoms. The predicted molar refractivity (Wildman–Crippen MR) is 118 cm³/mol. The summed E-state index contributed by atoms with van der Waals surface area (Å²) in [4.78, 5) is 17.3. The molecule has 4 heteroatoms. The Labute approximate surface area is 174 Å². The Balaban J connectivity index is 1.27. The average Bonchev–Trinajstić information content (AvgIpc) is 3.18. The van der Waals surface area contributed by atoms with Crippen LogP contribution >= 0.6 is 0 Å². The van der Waals surface area contributed by atoms with E-state index in [1.807, 2.05) is 0 Å². The van der Waals surface area contributed by atoms with Crippen molar-refractivity contribution in [3.63, 3.8) is 0 Å². The van der Waals surface area contributed by atoms with E-state index in [9.17, 15) is 4.79 Å². The molecule has 0 spiro atoms. The Morgan fingerprint density at radius 3 is 2.24 bits per heavy atom. The van der Waals surface area contributed by atoms with Crippen LogP contribution in [0.1, 0.15) is 29.9 Å². The molecule has 0 unspecified atom stereocenters. The van der Waals surface area contributed by atoms with Gasteiger partial charge in [0.1, 0.15) is 0 Å². The third kappa shape index (κ3) is 5.06. The first-order valence-corrected chi connectivity index (χ1v) is 11.0. The smallest absolute Gasteiger partial charge is 0.236 e. The molecule has 0 bridgehead atoms. The molecule has 0 aromatic heterocycles. The second-order valence-corrected chi connectivity index (χ2v) is 8.72. The number of nitrogens with two attached hydrogens (primary N) is 1. The average molecular weight is 392 g/mol. The Morgan fingerprint density at radius 1 is 0.931 bits per heavy atom. The topological polar surface area (TPSA) is 49.6 Å². The van der Waals surface area contributed by atoms with Crippen LogP contribution in [0.4, 0.5) is 0 Å². The Kier molecular flexibility index (Phi) is 6.63. The summed E-state index contributed by atoms with van der Waals surface area (Å²) in [5.41, 5.74) is 8.81. The van der Waals surface area contributed by atoms with Crippen LogP contribution in [0.25, 0.3) is 0 Å². The highest BCUT2D eigenvalue weighted by Gasteiger charge is 2.34. The maximum Gasteiger partial charge on any atom is 0.236 e. The summed E-state index contributed by atoms with van der Waals surface area (Å²) in [5, 5.41) is 0. The molecule has 154 valence electrons. The van der Waals surface area contributed by atoms with Gasteiger partial charge in [-0.15, -0.1) is 0 Å². The lowest BCUT2D eigenvalue weighted by molar-refractivity contribution is -0.133. The van der Waals surface area contributed by atoms with E-state index >= 15 is 0 Å². The first-order valence-electron chi connectivity index (χ1n) is 11.0. The molecule has 2 fully saturated rings. The van der Waals surface area contributed by atoms with Crippen molar-refractivity contribution in [2.75, 3.05) is 39.3 Å². The number of benzene rings is 2. The molecule has 2 aromatic rings. The van der Waals surface area contributed by atoms with Gasteiger partial charge in [0.15, 0.2) is 0 Å². The monoisotopic (exact) mass is 391 g/mol. The van der Waals surface area contributed by atoms with Crippen molar-refractivity contribution in [1.82, 2.24) is 9.80 Å². The molecule has 2 aliphatic rings. The third-order valence-electron chi connectivity index (χ3n) is 6.74. The highest BCUT2D eigenvalue weighted by atomic mass is 16.2. The highest BCUT2D eigenvalue weighted by Crippen LogP contribution is 2.32. The molecule has 4 rings (SSSR count). The third-order valence-corrected chi connectivity index (χ3v) is 6.74. The Hall–Kier alpha value is -2.17. The van der Waals surface area contributed by atoms with Gasteiger partial charge in [-0.2, -0.15) is 0 Å². The zero-order chi connectivity index (χ0) is 20.1. The minimum atomic E-state index is 0.285. The molecular formula is C25H33N3O. The van der Waals surface area contributed by atoms with Crippen molar-refractivity contribution in [2.24, 2.45) is 17.6 Å². The van der Waals surface area contributed by atoms with E-state index in [4.69, 9.17) is 5.73 Å². The van der Waals surface area contributed by atoms with Gasteiger partial charge in [0.25, 0.3) is 0 Å². The fourth-order valence-corrected chi connectivity index (χ4v) is 5.03. The highest BCUT2D eigenvalue weighted by molar-refractivity contribution is 5.78. The van der Waals surface area contributed by atoms with Crippen molar-refractivity contribution in [2.45, 2.75) is 25.2 Å². The maximum absolute atomic E-state index is 12.9. The van der Waals surface area contributed by atoms with Gasteiger partial charge >= 0.3 is 0 Å². The van der Waals surface area contributed by atoms with Crippen molar-refractivity contribution in [3.05, 3.63) is 71.8 Å². The molecule has 0 radical (unpaired) electrons. The lowest BCUT2D eigenvalue weighted by Crippen LogP contribution is -2.44. The zero-order valence-corrected chi connectivity index (χ0v) is 17.2. The summed E-state index contributed by atoms with van der Waals surface area (Å²) < 4.78 is 0. The fourth-order valence-electron chi connectivity index (χ4n) is 5.03. The van der Waals surface area contributed by atoms with Crippen molar-refractivity contribution >= 4 is 5.91 Å². The molecule has 0 aliphatic carbocycles. The number of likely N-dealkylation sites (tertiary alicyclic amines) is 2. The van der Waals surface area contributed by atoms with E-state index in [1.165, 1.54) is 11.1 Å². The van der Waals surface area contributed by atoms with E-state index in [2.05, 4.69) is 70.5 Å². The van der Waals surface area contributed by atoms with Gasteiger partial charge in [-0.3, -0.25) is 9.69 Å². The quantitative estimate of drug-likeness (QED) is 0.823. The molecule has 1 amide bonds. The number of carbonyl (C=O) groups excluding carboxylic acids is 1. The minimum absolute atomic E-state index is 0.285. The van der Waals surface area contributed by atoms with Crippen LogP contribution in [0.5, 0.6) is 0 Å². The summed E-state index contributed by atoms with van der Waals surface area (Å²) >= 11 is 0. The predicted octanol–water partition coefficient (Wildman–Crippen LogP) is 3.14.